The van der Waals surface area contributed by atoms with E-state index in [1.54, 1.807) is 6.92 Å². The molecule has 0 aliphatic heterocycles. The van der Waals surface area contributed by atoms with Crippen molar-refractivity contribution in [1.82, 2.24) is 0 Å². The van der Waals surface area contributed by atoms with E-state index < -0.39 is 13.3 Å². The minimum atomic E-state index is -4.36. The molecule has 0 saturated heterocycles. The number of thioether (sulfide) groups is 1. The lowest BCUT2D eigenvalue weighted by molar-refractivity contribution is 0.0535. The molecule has 36 heavy (non-hydrogen) atoms. The van der Waals surface area contributed by atoms with Crippen LogP contribution in [0.15, 0.2) is 0 Å². The second-order valence-corrected chi connectivity index (χ2v) is 12.8. The van der Waals surface area contributed by atoms with Gasteiger partial charge in [-0.05, 0) is 38.9 Å². The molecule has 0 radical (unpaired) electrons. The highest BCUT2D eigenvalue weighted by molar-refractivity contribution is 7.99. The van der Waals surface area contributed by atoms with Gasteiger partial charge < -0.3 is 18.9 Å². The predicted octanol–water partition coefficient (Wildman–Crippen LogP) is 9.52. The maximum atomic E-state index is 11.8. The normalized spacial score (nSPS) is 14.9. The third-order valence-corrected chi connectivity index (χ3v) is 9.07. The van der Waals surface area contributed by atoms with Crippen molar-refractivity contribution in [2.24, 2.45) is 0 Å². The molecular weight excluding hydrogens is 495 g/mol. The summed E-state index contributed by atoms with van der Waals surface area (Å²) in [7, 11) is -4.36. The standard InChI is InChI=1S/C28H57O6PS/c1-5-8-10-12-14-15-16-18-20-25-36-27(22-19-17-13-11-9-6-2)26(4)33-23-21-24-34-35(30,31)28(29)32-7-3/h26-27H,5-25H2,1-4H3,(H,30,31). The second-order valence-electron chi connectivity index (χ2n) is 9.78. The maximum absolute atomic E-state index is 11.8. The minimum Gasteiger partial charge on any atom is -0.457 e. The summed E-state index contributed by atoms with van der Waals surface area (Å²) in [6, 6.07) is 0. The summed E-state index contributed by atoms with van der Waals surface area (Å²) in [6.07, 6.45) is 21.7. The molecular formula is C28H57O6PS. The monoisotopic (exact) mass is 552 g/mol. The third-order valence-electron chi connectivity index (χ3n) is 6.38. The van der Waals surface area contributed by atoms with Crippen molar-refractivity contribution in [3.05, 3.63) is 0 Å². The SMILES string of the molecule is CCCCCCCCCCCSC(CCCCCCCC)C(C)OCCCOP(=O)(O)C(=O)OCC. The van der Waals surface area contributed by atoms with Crippen LogP contribution in [-0.2, 0) is 18.6 Å². The molecule has 0 amide bonds. The number of carbonyl (C=O) groups excluding carboxylic acids is 1. The van der Waals surface area contributed by atoms with Crippen LogP contribution >= 0.6 is 19.4 Å². The van der Waals surface area contributed by atoms with Crippen LogP contribution in [0.2, 0.25) is 0 Å². The van der Waals surface area contributed by atoms with Crippen LogP contribution in [0.1, 0.15) is 137 Å². The summed E-state index contributed by atoms with van der Waals surface area (Å²) in [5.74, 6) is 1.18. The third kappa shape index (κ3) is 20.9. The first-order valence-electron chi connectivity index (χ1n) is 14.8. The number of unbranched alkanes of at least 4 members (excludes halogenated alkanes) is 13. The Labute approximate surface area is 226 Å². The molecule has 3 unspecified atom stereocenters. The van der Waals surface area contributed by atoms with Crippen molar-refractivity contribution >= 4 is 25.1 Å². The van der Waals surface area contributed by atoms with E-state index in [1.165, 1.54) is 108 Å². The summed E-state index contributed by atoms with van der Waals surface area (Å²) >= 11 is 2.05. The Balaban J connectivity index is 4.25. The Kier molecular flexibility index (Phi) is 25.2. The zero-order chi connectivity index (χ0) is 26.9. The molecule has 0 aromatic carbocycles. The van der Waals surface area contributed by atoms with E-state index in [0.717, 1.165) is 0 Å². The van der Waals surface area contributed by atoms with E-state index in [-0.39, 0.29) is 19.3 Å². The molecule has 6 nitrogen and oxygen atoms in total. The van der Waals surface area contributed by atoms with Gasteiger partial charge in [-0.2, -0.15) is 11.8 Å². The molecule has 0 heterocycles. The highest BCUT2D eigenvalue weighted by Crippen LogP contribution is 2.44. The van der Waals surface area contributed by atoms with E-state index in [9.17, 15) is 14.3 Å². The van der Waals surface area contributed by atoms with Gasteiger partial charge in [-0.3, -0.25) is 0 Å². The minimum absolute atomic E-state index is 0.00695. The van der Waals surface area contributed by atoms with E-state index in [2.05, 4.69) is 25.5 Å². The molecule has 8 heteroatoms. The van der Waals surface area contributed by atoms with Crippen LogP contribution in [0.25, 0.3) is 0 Å². The van der Waals surface area contributed by atoms with Crippen LogP contribution in [0.4, 0.5) is 4.79 Å². The molecule has 0 rings (SSSR count). The van der Waals surface area contributed by atoms with Gasteiger partial charge in [0.1, 0.15) is 0 Å². The van der Waals surface area contributed by atoms with Crippen molar-refractivity contribution in [3.8, 4) is 0 Å². The molecule has 0 aromatic heterocycles. The Morgan fingerprint density at radius 1 is 0.778 bits per heavy atom. The Hall–Kier alpha value is -0.0700. The Morgan fingerprint density at radius 3 is 1.86 bits per heavy atom. The second kappa shape index (κ2) is 25.2. The Morgan fingerprint density at radius 2 is 1.31 bits per heavy atom. The van der Waals surface area contributed by atoms with Crippen molar-refractivity contribution < 1.29 is 28.3 Å². The summed E-state index contributed by atoms with van der Waals surface area (Å²) in [5, 5.41) is 0.467. The zero-order valence-corrected chi connectivity index (χ0v) is 25.6. The average Bonchev–Trinajstić information content (AvgIpc) is 2.85. The lowest BCUT2D eigenvalue weighted by Gasteiger charge is -2.24. The highest BCUT2D eigenvalue weighted by Gasteiger charge is 2.32. The quantitative estimate of drug-likeness (QED) is 0.0802. The maximum Gasteiger partial charge on any atom is 0.435 e. The van der Waals surface area contributed by atoms with Crippen molar-refractivity contribution in [2.45, 2.75) is 148 Å². The lowest BCUT2D eigenvalue weighted by Crippen LogP contribution is -2.25. The molecule has 0 aromatic rings. The molecule has 0 saturated carbocycles. The smallest absolute Gasteiger partial charge is 0.435 e. The van der Waals surface area contributed by atoms with E-state index in [4.69, 9.17) is 9.26 Å². The van der Waals surface area contributed by atoms with E-state index in [0.29, 0.717) is 18.3 Å². The summed E-state index contributed by atoms with van der Waals surface area (Å²) < 4.78 is 27.4. The van der Waals surface area contributed by atoms with Crippen LogP contribution < -0.4 is 0 Å². The molecule has 0 fully saturated rings. The van der Waals surface area contributed by atoms with Gasteiger partial charge >= 0.3 is 13.3 Å². The largest absolute Gasteiger partial charge is 0.457 e. The predicted molar refractivity (Wildman–Crippen MR) is 154 cm³/mol. The van der Waals surface area contributed by atoms with E-state index >= 15 is 0 Å². The lowest BCUT2D eigenvalue weighted by atomic mass is 10.1. The van der Waals surface area contributed by atoms with Gasteiger partial charge in [0.05, 0.1) is 19.3 Å². The summed E-state index contributed by atoms with van der Waals surface area (Å²) in [5.41, 5.74) is -1.19. The van der Waals surface area contributed by atoms with Crippen LogP contribution in [0.3, 0.4) is 0 Å². The van der Waals surface area contributed by atoms with Gasteiger partial charge in [0, 0.05) is 11.9 Å². The van der Waals surface area contributed by atoms with Crippen LogP contribution in [-0.4, -0.2) is 47.5 Å². The van der Waals surface area contributed by atoms with Crippen molar-refractivity contribution in [3.63, 3.8) is 0 Å². The number of carbonyl (C=O) groups is 1. The van der Waals surface area contributed by atoms with Gasteiger partial charge in [0.2, 0.25) is 0 Å². The molecule has 3 atom stereocenters. The van der Waals surface area contributed by atoms with Crippen LogP contribution in [0, 0.1) is 0 Å². The number of rotatable bonds is 27. The van der Waals surface area contributed by atoms with Crippen LogP contribution in [0.5, 0.6) is 0 Å². The van der Waals surface area contributed by atoms with Crippen molar-refractivity contribution in [2.75, 3.05) is 25.6 Å². The van der Waals surface area contributed by atoms with Gasteiger partial charge in [-0.25, -0.2) is 9.36 Å². The van der Waals surface area contributed by atoms with Gasteiger partial charge in [-0.1, -0.05) is 104 Å². The topological polar surface area (TPSA) is 82.1 Å². The van der Waals surface area contributed by atoms with Gasteiger partial charge in [0.25, 0.3) is 0 Å². The summed E-state index contributed by atoms with van der Waals surface area (Å²) in [6.45, 7) is 8.72. The molecule has 0 aliphatic carbocycles. The molecule has 0 aliphatic rings. The van der Waals surface area contributed by atoms with Gasteiger partial charge in [0.15, 0.2) is 0 Å². The first-order valence-corrected chi connectivity index (χ1v) is 17.4. The fourth-order valence-corrected chi connectivity index (χ4v) is 6.24. The van der Waals surface area contributed by atoms with E-state index in [1.807, 2.05) is 11.8 Å². The average molecular weight is 553 g/mol. The molecule has 0 bridgehead atoms. The fraction of sp³-hybridized carbons (Fsp3) is 0.964. The van der Waals surface area contributed by atoms with Crippen molar-refractivity contribution in [1.29, 1.82) is 0 Å². The number of ether oxygens (including phenoxy) is 2. The number of hydrogen-bond acceptors (Lipinski definition) is 6. The first kappa shape index (κ1) is 35.9. The Bertz CT molecular complexity index is 548. The summed E-state index contributed by atoms with van der Waals surface area (Å²) in [4.78, 5) is 21.1. The number of hydrogen-bond donors (Lipinski definition) is 1. The highest BCUT2D eigenvalue weighted by atomic mass is 32.2. The molecule has 216 valence electrons. The first-order chi connectivity index (χ1) is 17.4. The molecule has 0 spiro atoms. The zero-order valence-electron chi connectivity index (χ0n) is 23.8. The fourth-order valence-electron chi connectivity index (χ4n) is 4.11. The molecule has 1 N–H and O–H groups in total. The van der Waals surface area contributed by atoms with Gasteiger partial charge in [-0.15, -0.1) is 0 Å².